The Kier molecular flexibility index (Phi) is 2.74. The summed E-state index contributed by atoms with van der Waals surface area (Å²) >= 11 is 0. The van der Waals surface area contributed by atoms with Crippen molar-refractivity contribution >= 4 is 10.1 Å². The Morgan fingerprint density at radius 3 is 2.83 bits per heavy atom. The van der Waals surface area contributed by atoms with E-state index in [-0.39, 0.29) is 4.90 Å². The first-order valence-electron chi connectivity index (χ1n) is 3.07. The van der Waals surface area contributed by atoms with E-state index in [9.17, 15) is 8.42 Å². The third-order valence-corrected chi connectivity index (χ3v) is 2.37. The molecule has 12 heavy (non-hydrogen) atoms. The van der Waals surface area contributed by atoms with E-state index in [1.165, 1.54) is 18.3 Å². The second kappa shape index (κ2) is 3.61. The van der Waals surface area contributed by atoms with Crippen molar-refractivity contribution in [1.29, 1.82) is 0 Å². The van der Waals surface area contributed by atoms with Crippen molar-refractivity contribution in [2.24, 2.45) is 0 Å². The molecule has 1 N–H and O–H groups in total. The average Bonchev–Trinajstić information content (AvgIpc) is 2.06. The SMILES string of the molecule is O=S(=O)(OCO)c1cccnc1. The molecule has 0 saturated heterocycles. The number of aliphatic hydroxyl groups is 1. The van der Waals surface area contributed by atoms with Crippen LogP contribution in [-0.4, -0.2) is 25.3 Å². The van der Waals surface area contributed by atoms with Gasteiger partial charge in [0.15, 0.2) is 6.79 Å². The van der Waals surface area contributed by atoms with Crippen molar-refractivity contribution in [3.63, 3.8) is 0 Å². The molecular formula is C6H7NO4S. The first kappa shape index (κ1) is 9.11. The quantitative estimate of drug-likeness (QED) is 0.523. The minimum atomic E-state index is -3.82. The van der Waals surface area contributed by atoms with Gasteiger partial charge < -0.3 is 5.11 Å². The van der Waals surface area contributed by atoms with Gasteiger partial charge in [-0.05, 0) is 12.1 Å². The Balaban J connectivity index is 2.99. The van der Waals surface area contributed by atoms with Gasteiger partial charge in [0.25, 0.3) is 0 Å². The van der Waals surface area contributed by atoms with Gasteiger partial charge in [0, 0.05) is 12.4 Å². The molecule has 6 heteroatoms. The lowest BCUT2D eigenvalue weighted by Crippen LogP contribution is -2.07. The summed E-state index contributed by atoms with van der Waals surface area (Å²) in [5, 5.41) is 8.24. The highest BCUT2D eigenvalue weighted by atomic mass is 32.2. The summed E-state index contributed by atoms with van der Waals surface area (Å²) in [5.74, 6) is 0. The molecule has 0 aliphatic carbocycles. The summed E-state index contributed by atoms with van der Waals surface area (Å²) in [4.78, 5) is 3.52. The zero-order chi connectivity index (χ0) is 9.03. The van der Waals surface area contributed by atoms with Crippen LogP contribution >= 0.6 is 0 Å². The molecule has 1 aromatic heterocycles. The van der Waals surface area contributed by atoms with Crippen LogP contribution in [0.2, 0.25) is 0 Å². The number of aliphatic hydroxyl groups excluding tert-OH is 1. The summed E-state index contributed by atoms with van der Waals surface area (Å²) in [5.41, 5.74) is 0. The molecule has 0 spiro atoms. The average molecular weight is 189 g/mol. The molecule has 0 radical (unpaired) electrons. The van der Waals surface area contributed by atoms with Crippen LogP contribution in [0.25, 0.3) is 0 Å². The maximum absolute atomic E-state index is 11.0. The molecule has 0 bridgehead atoms. The molecule has 5 nitrogen and oxygen atoms in total. The minimum absolute atomic E-state index is 0.0703. The molecular weight excluding hydrogens is 182 g/mol. The van der Waals surface area contributed by atoms with Gasteiger partial charge >= 0.3 is 10.1 Å². The highest BCUT2D eigenvalue weighted by Gasteiger charge is 2.13. The lowest BCUT2D eigenvalue weighted by Gasteiger charge is -2.00. The van der Waals surface area contributed by atoms with E-state index in [1.807, 2.05) is 0 Å². The standard InChI is InChI=1S/C6H7NO4S/c8-5-11-12(9,10)6-2-1-3-7-4-6/h1-4,8H,5H2. The van der Waals surface area contributed by atoms with Crippen molar-refractivity contribution < 1.29 is 17.7 Å². The molecule has 1 heterocycles. The predicted molar refractivity (Wildman–Crippen MR) is 39.6 cm³/mol. The van der Waals surface area contributed by atoms with Crippen molar-refractivity contribution in [3.8, 4) is 0 Å². The Morgan fingerprint density at radius 2 is 2.33 bits per heavy atom. The number of hydrogen-bond donors (Lipinski definition) is 1. The fourth-order valence-corrected chi connectivity index (χ4v) is 1.34. The maximum Gasteiger partial charge on any atom is 0.300 e. The number of pyridine rings is 1. The van der Waals surface area contributed by atoms with Crippen LogP contribution in [-0.2, 0) is 14.3 Å². The molecule has 0 unspecified atom stereocenters. The Hall–Kier alpha value is -0.980. The molecule has 0 atom stereocenters. The Bertz CT molecular complexity index is 334. The molecule has 0 fully saturated rings. The molecule has 0 saturated carbocycles. The summed E-state index contributed by atoms with van der Waals surface area (Å²) in [6.07, 6.45) is 2.59. The van der Waals surface area contributed by atoms with Crippen molar-refractivity contribution in [3.05, 3.63) is 24.5 Å². The minimum Gasteiger partial charge on any atom is -0.369 e. The van der Waals surface area contributed by atoms with E-state index in [0.29, 0.717) is 0 Å². The summed E-state index contributed by atoms with van der Waals surface area (Å²) < 4.78 is 26.1. The maximum atomic E-state index is 11.0. The molecule has 0 amide bonds. The van der Waals surface area contributed by atoms with Crippen molar-refractivity contribution in [2.45, 2.75) is 4.90 Å². The lowest BCUT2D eigenvalue weighted by molar-refractivity contribution is 0.105. The van der Waals surface area contributed by atoms with Crippen LogP contribution in [0.3, 0.4) is 0 Å². The number of hydrogen-bond acceptors (Lipinski definition) is 5. The number of nitrogens with zero attached hydrogens (tertiary/aromatic N) is 1. The summed E-state index contributed by atoms with van der Waals surface area (Å²) in [6, 6.07) is 2.80. The summed E-state index contributed by atoms with van der Waals surface area (Å²) in [7, 11) is -3.82. The highest BCUT2D eigenvalue weighted by Crippen LogP contribution is 2.08. The molecule has 66 valence electrons. The van der Waals surface area contributed by atoms with Crippen LogP contribution < -0.4 is 0 Å². The van der Waals surface area contributed by atoms with Crippen molar-refractivity contribution in [2.75, 3.05) is 6.79 Å². The molecule has 0 aromatic carbocycles. The number of aromatic nitrogens is 1. The monoisotopic (exact) mass is 189 g/mol. The largest absolute Gasteiger partial charge is 0.369 e. The van der Waals surface area contributed by atoms with Crippen molar-refractivity contribution in [1.82, 2.24) is 4.98 Å². The molecule has 0 aliphatic rings. The van der Waals surface area contributed by atoms with Gasteiger partial charge in [-0.15, -0.1) is 0 Å². The zero-order valence-corrected chi connectivity index (χ0v) is 6.86. The third kappa shape index (κ3) is 2.00. The smallest absolute Gasteiger partial charge is 0.300 e. The van der Waals surface area contributed by atoms with Crippen LogP contribution in [0.15, 0.2) is 29.4 Å². The zero-order valence-electron chi connectivity index (χ0n) is 6.04. The Labute approximate surface area is 69.8 Å². The fourth-order valence-electron chi connectivity index (χ4n) is 0.632. The fraction of sp³-hybridized carbons (Fsp3) is 0.167. The third-order valence-electron chi connectivity index (χ3n) is 1.13. The number of rotatable bonds is 3. The van der Waals surface area contributed by atoms with E-state index >= 15 is 0 Å². The second-order valence-corrected chi connectivity index (χ2v) is 3.51. The van der Waals surface area contributed by atoms with Gasteiger partial charge in [0.05, 0.1) is 0 Å². The first-order valence-corrected chi connectivity index (χ1v) is 4.48. The van der Waals surface area contributed by atoms with Gasteiger partial charge in [-0.2, -0.15) is 8.42 Å². The molecule has 0 aliphatic heterocycles. The van der Waals surface area contributed by atoms with Crippen LogP contribution in [0.1, 0.15) is 0 Å². The highest BCUT2D eigenvalue weighted by molar-refractivity contribution is 7.86. The summed E-state index contributed by atoms with van der Waals surface area (Å²) in [6.45, 7) is -0.864. The molecule has 1 rings (SSSR count). The van der Waals surface area contributed by atoms with Gasteiger partial charge in [0.1, 0.15) is 4.90 Å². The van der Waals surface area contributed by atoms with Gasteiger partial charge in [0.2, 0.25) is 0 Å². The first-order chi connectivity index (χ1) is 5.67. The van der Waals surface area contributed by atoms with Crippen LogP contribution in [0, 0.1) is 0 Å². The van der Waals surface area contributed by atoms with Crippen LogP contribution in [0.5, 0.6) is 0 Å². The van der Waals surface area contributed by atoms with Crippen LogP contribution in [0.4, 0.5) is 0 Å². The topological polar surface area (TPSA) is 76.5 Å². The van der Waals surface area contributed by atoms with E-state index in [0.717, 1.165) is 6.20 Å². The van der Waals surface area contributed by atoms with E-state index in [4.69, 9.17) is 5.11 Å². The van der Waals surface area contributed by atoms with E-state index in [1.54, 1.807) is 0 Å². The Morgan fingerprint density at radius 1 is 1.58 bits per heavy atom. The van der Waals surface area contributed by atoms with Gasteiger partial charge in [-0.25, -0.2) is 4.18 Å². The molecule has 1 aromatic rings. The van der Waals surface area contributed by atoms with E-state index < -0.39 is 16.9 Å². The van der Waals surface area contributed by atoms with E-state index in [2.05, 4.69) is 9.17 Å². The lowest BCUT2D eigenvalue weighted by atomic mass is 10.5. The normalized spacial score (nSPS) is 11.4. The van der Waals surface area contributed by atoms with Gasteiger partial charge in [-0.1, -0.05) is 0 Å². The second-order valence-electron chi connectivity index (χ2n) is 1.89. The predicted octanol–water partition coefficient (Wildman–Crippen LogP) is -0.263. The van der Waals surface area contributed by atoms with Gasteiger partial charge in [-0.3, -0.25) is 4.98 Å².